The average Bonchev–Trinajstić information content (AvgIpc) is 2.47. The molecule has 1 unspecified atom stereocenters. The number of alkyl halides is 3. The van der Waals surface area contributed by atoms with Gasteiger partial charge in [0, 0.05) is 22.9 Å². The first kappa shape index (κ1) is 16.4. The van der Waals surface area contributed by atoms with Gasteiger partial charge in [0.1, 0.15) is 0 Å². The predicted molar refractivity (Wildman–Crippen MR) is 78.5 cm³/mol. The molecule has 7 heteroatoms. The zero-order valence-electron chi connectivity index (χ0n) is 11.6. The molecule has 1 heterocycles. The molecule has 1 N–H and O–H groups in total. The van der Waals surface area contributed by atoms with Crippen LogP contribution in [0.5, 0.6) is 0 Å². The highest BCUT2D eigenvalue weighted by molar-refractivity contribution is 8.00. The van der Waals surface area contributed by atoms with Crippen molar-refractivity contribution in [1.82, 2.24) is 10.3 Å². The number of pyridine rings is 1. The first-order valence-electron chi connectivity index (χ1n) is 6.42. The summed E-state index contributed by atoms with van der Waals surface area (Å²) in [6.07, 6.45) is 3.25. The number of carbonyl (C=O) groups excluding carboxylic acids is 1. The minimum absolute atomic E-state index is 0.0474. The van der Waals surface area contributed by atoms with Crippen molar-refractivity contribution < 1.29 is 18.0 Å². The Bertz CT molecular complexity index is 629. The minimum Gasteiger partial charge on any atom is -0.346 e. The molecule has 1 aromatic heterocycles. The standard InChI is InChI=1S/C15H13F3N2OS/c1-10(11-6-8-19-9-7-11)20-14(21)12-2-4-13(5-3-12)22-15(16,17)18/h2-10H,1H3,(H,20,21). The first-order valence-corrected chi connectivity index (χ1v) is 7.23. The molecule has 1 aromatic carbocycles. The highest BCUT2D eigenvalue weighted by atomic mass is 32.2. The van der Waals surface area contributed by atoms with E-state index >= 15 is 0 Å². The summed E-state index contributed by atoms with van der Waals surface area (Å²) in [5.41, 5.74) is -3.13. The number of amides is 1. The number of carbonyl (C=O) groups is 1. The van der Waals surface area contributed by atoms with Crippen LogP contribution in [0, 0.1) is 0 Å². The summed E-state index contributed by atoms with van der Waals surface area (Å²) in [6.45, 7) is 1.82. The Labute approximate surface area is 129 Å². The number of benzene rings is 1. The number of aromatic nitrogens is 1. The molecule has 1 atom stereocenters. The molecule has 0 radical (unpaired) electrons. The molecule has 3 nitrogen and oxygen atoms in total. The van der Waals surface area contributed by atoms with E-state index < -0.39 is 5.51 Å². The van der Waals surface area contributed by atoms with E-state index in [0.29, 0.717) is 5.56 Å². The second-order valence-electron chi connectivity index (χ2n) is 4.55. The molecule has 22 heavy (non-hydrogen) atoms. The van der Waals surface area contributed by atoms with Gasteiger partial charge in [-0.15, -0.1) is 0 Å². The summed E-state index contributed by atoms with van der Waals surface area (Å²) in [7, 11) is 0. The van der Waals surface area contributed by atoms with Crippen LogP contribution in [0.2, 0.25) is 0 Å². The lowest BCUT2D eigenvalue weighted by molar-refractivity contribution is -0.0328. The summed E-state index contributed by atoms with van der Waals surface area (Å²) in [5, 5.41) is 2.78. The fourth-order valence-electron chi connectivity index (χ4n) is 1.82. The number of halogens is 3. The van der Waals surface area contributed by atoms with Crippen molar-refractivity contribution in [3.05, 3.63) is 59.9 Å². The van der Waals surface area contributed by atoms with Gasteiger partial charge in [-0.05, 0) is 60.6 Å². The van der Waals surface area contributed by atoms with E-state index in [1.165, 1.54) is 24.3 Å². The molecular weight excluding hydrogens is 313 g/mol. The lowest BCUT2D eigenvalue weighted by Crippen LogP contribution is -2.26. The first-order chi connectivity index (χ1) is 10.3. The van der Waals surface area contributed by atoms with E-state index in [0.717, 1.165) is 5.56 Å². The summed E-state index contributed by atoms with van der Waals surface area (Å²) in [4.78, 5) is 16.0. The van der Waals surface area contributed by atoms with Gasteiger partial charge in [0.05, 0.1) is 6.04 Å². The largest absolute Gasteiger partial charge is 0.446 e. The monoisotopic (exact) mass is 326 g/mol. The minimum atomic E-state index is -4.33. The zero-order valence-corrected chi connectivity index (χ0v) is 12.4. The maximum Gasteiger partial charge on any atom is 0.446 e. The number of thioether (sulfide) groups is 1. The molecular formula is C15H13F3N2OS. The van der Waals surface area contributed by atoms with Crippen LogP contribution in [0.1, 0.15) is 28.9 Å². The second kappa shape index (κ2) is 6.83. The highest BCUT2D eigenvalue weighted by Gasteiger charge is 2.29. The van der Waals surface area contributed by atoms with Crippen LogP contribution < -0.4 is 5.32 Å². The second-order valence-corrected chi connectivity index (χ2v) is 5.69. The van der Waals surface area contributed by atoms with E-state index in [1.807, 2.05) is 6.92 Å². The molecule has 0 saturated heterocycles. The molecule has 0 aliphatic heterocycles. The zero-order chi connectivity index (χ0) is 16.2. The molecule has 2 aromatic rings. The van der Waals surface area contributed by atoms with Gasteiger partial charge in [0.25, 0.3) is 5.91 Å². The van der Waals surface area contributed by atoms with Gasteiger partial charge in [0.15, 0.2) is 0 Å². The van der Waals surface area contributed by atoms with Crippen LogP contribution >= 0.6 is 11.8 Å². The number of rotatable bonds is 4. The van der Waals surface area contributed by atoms with Crippen molar-refractivity contribution in [3.8, 4) is 0 Å². The Morgan fingerprint density at radius 2 is 1.73 bits per heavy atom. The van der Waals surface area contributed by atoms with E-state index in [-0.39, 0.29) is 28.6 Å². The molecule has 0 aliphatic rings. The summed E-state index contributed by atoms with van der Waals surface area (Å²) < 4.78 is 36.7. The van der Waals surface area contributed by atoms with Crippen LogP contribution in [-0.4, -0.2) is 16.4 Å². The van der Waals surface area contributed by atoms with Gasteiger partial charge in [0.2, 0.25) is 0 Å². The third-order valence-electron chi connectivity index (χ3n) is 2.90. The normalized spacial score (nSPS) is 12.7. The number of nitrogens with one attached hydrogen (secondary N) is 1. The Kier molecular flexibility index (Phi) is 5.07. The SMILES string of the molecule is CC(NC(=O)c1ccc(SC(F)(F)F)cc1)c1ccncc1. The fraction of sp³-hybridized carbons (Fsp3) is 0.200. The molecule has 0 saturated carbocycles. The fourth-order valence-corrected chi connectivity index (χ4v) is 2.36. The Morgan fingerprint density at radius 1 is 1.14 bits per heavy atom. The topological polar surface area (TPSA) is 42.0 Å². The van der Waals surface area contributed by atoms with Crippen LogP contribution in [0.4, 0.5) is 13.2 Å². The van der Waals surface area contributed by atoms with E-state index in [1.54, 1.807) is 24.5 Å². The Hall–Kier alpha value is -2.02. The van der Waals surface area contributed by atoms with Crippen molar-refractivity contribution in [3.63, 3.8) is 0 Å². The summed E-state index contributed by atoms with van der Waals surface area (Å²) in [6, 6.07) is 8.67. The predicted octanol–water partition coefficient (Wildman–Crippen LogP) is 4.18. The van der Waals surface area contributed by atoms with Crippen LogP contribution in [0.3, 0.4) is 0 Å². The van der Waals surface area contributed by atoms with Gasteiger partial charge in [-0.25, -0.2) is 0 Å². The van der Waals surface area contributed by atoms with E-state index in [2.05, 4.69) is 10.3 Å². The third-order valence-corrected chi connectivity index (χ3v) is 3.64. The van der Waals surface area contributed by atoms with Crippen molar-refractivity contribution in [1.29, 1.82) is 0 Å². The van der Waals surface area contributed by atoms with Gasteiger partial charge >= 0.3 is 5.51 Å². The number of nitrogens with zero attached hydrogens (tertiary/aromatic N) is 1. The van der Waals surface area contributed by atoms with Crippen molar-refractivity contribution in [2.75, 3.05) is 0 Å². The van der Waals surface area contributed by atoms with Crippen molar-refractivity contribution in [2.45, 2.75) is 23.4 Å². The van der Waals surface area contributed by atoms with Crippen molar-refractivity contribution >= 4 is 17.7 Å². The van der Waals surface area contributed by atoms with E-state index in [9.17, 15) is 18.0 Å². The molecule has 0 fully saturated rings. The van der Waals surface area contributed by atoms with Crippen molar-refractivity contribution in [2.24, 2.45) is 0 Å². The van der Waals surface area contributed by atoms with Gasteiger partial charge in [-0.1, -0.05) is 0 Å². The third kappa shape index (κ3) is 4.77. The van der Waals surface area contributed by atoms with E-state index in [4.69, 9.17) is 0 Å². The lowest BCUT2D eigenvalue weighted by Gasteiger charge is -2.14. The van der Waals surface area contributed by atoms with Gasteiger partial charge in [-0.3, -0.25) is 9.78 Å². The maximum atomic E-state index is 12.2. The molecule has 116 valence electrons. The quantitative estimate of drug-likeness (QED) is 0.857. The molecule has 0 bridgehead atoms. The van der Waals surface area contributed by atoms with Gasteiger partial charge in [-0.2, -0.15) is 13.2 Å². The molecule has 2 rings (SSSR count). The van der Waals surface area contributed by atoms with Crippen LogP contribution in [0.15, 0.2) is 53.7 Å². The molecule has 1 amide bonds. The smallest absolute Gasteiger partial charge is 0.346 e. The molecule has 0 aliphatic carbocycles. The Balaban J connectivity index is 2.01. The lowest BCUT2D eigenvalue weighted by atomic mass is 10.1. The number of hydrogen-bond donors (Lipinski definition) is 1. The van der Waals surface area contributed by atoms with Crippen LogP contribution in [-0.2, 0) is 0 Å². The number of hydrogen-bond acceptors (Lipinski definition) is 3. The summed E-state index contributed by atoms with van der Waals surface area (Å²) >= 11 is -0.207. The maximum absolute atomic E-state index is 12.2. The molecule has 0 spiro atoms. The van der Waals surface area contributed by atoms with Gasteiger partial charge < -0.3 is 5.32 Å². The average molecular weight is 326 g/mol. The summed E-state index contributed by atoms with van der Waals surface area (Å²) in [5.74, 6) is -0.340. The highest BCUT2D eigenvalue weighted by Crippen LogP contribution is 2.36. The van der Waals surface area contributed by atoms with Crippen LogP contribution in [0.25, 0.3) is 0 Å². The Morgan fingerprint density at radius 3 is 2.27 bits per heavy atom.